The van der Waals surface area contributed by atoms with Gasteiger partial charge in [-0.3, -0.25) is 0 Å². The second-order valence-corrected chi connectivity index (χ2v) is 6.22. The van der Waals surface area contributed by atoms with Crippen LogP contribution in [0.5, 0.6) is 0 Å². The first-order chi connectivity index (χ1) is 12.8. The van der Waals surface area contributed by atoms with Crippen molar-refractivity contribution in [1.82, 2.24) is 10.2 Å². The first-order valence-corrected chi connectivity index (χ1v) is 8.60. The molecule has 0 bridgehead atoms. The number of anilines is 1. The zero-order valence-electron chi connectivity index (χ0n) is 14.6. The SMILES string of the molecule is COC(=O)c1ccc(N2CC=C(c3cccc4ccccc34)CC2)nn1. The highest BCUT2D eigenvalue weighted by molar-refractivity contribution is 5.94. The second kappa shape index (κ2) is 6.96. The first-order valence-electron chi connectivity index (χ1n) is 8.60. The smallest absolute Gasteiger partial charge is 0.358 e. The highest BCUT2D eigenvalue weighted by Gasteiger charge is 2.17. The fourth-order valence-electron chi connectivity index (χ4n) is 3.33. The van der Waals surface area contributed by atoms with Gasteiger partial charge < -0.3 is 9.64 Å². The van der Waals surface area contributed by atoms with Crippen molar-refractivity contribution in [3.8, 4) is 0 Å². The lowest BCUT2D eigenvalue weighted by Crippen LogP contribution is -2.29. The second-order valence-electron chi connectivity index (χ2n) is 6.22. The van der Waals surface area contributed by atoms with Crippen LogP contribution in [0.25, 0.3) is 16.3 Å². The largest absolute Gasteiger partial charge is 0.464 e. The summed E-state index contributed by atoms with van der Waals surface area (Å²) in [6.07, 6.45) is 3.19. The topological polar surface area (TPSA) is 55.3 Å². The van der Waals surface area contributed by atoms with Crippen LogP contribution in [0.1, 0.15) is 22.5 Å². The van der Waals surface area contributed by atoms with Crippen molar-refractivity contribution in [1.29, 1.82) is 0 Å². The van der Waals surface area contributed by atoms with Crippen molar-refractivity contribution in [2.45, 2.75) is 6.42 Å². The summed E-state index contributed by atoms with van der Waals surface area (Å²) in [5, 5.41) is 10.7. The average molecular weight is 345 g/mol. The van der Waals surface area contributed by atoms with Crippen molar-refractivity contribution < 1.29 is 9.53 Å². The zero-order chi connectivity index (χ0) is 17.9. The maximum absolute atomic E-state index is 11.5. The number of nitrogens with zero attached hydrogens (tertiary/aromatic N) is 3. The maximum Gasteiger partial charge on any atom is 0.358 e. The lowest BCUT2D eigenvalue weighted by molar-refractivity contribution is 0.0592. The molecule has 2 aromatic carbocycles. The predicted molar refractivity (Wildman–Crippen MR) is 102 cm³/mol. The van der Waals surface area contributed by atoms with Gasteiger partial charge in [-0.1, -0.05) is 48.5 Å². The number of esters is 1. The third-order valence-electron chi connectivity index (χ3n) is 4.71. The normalized spacial score (nSPS) is 14.2. The van der Waals surface area contributed by atoms with Gasteiger partial charge in [0.1, 0.15) is 0 Å². The van der Waals surface area contributed by atoms with Crippen molar-refractivity contribution >= 4 is 28.1 Å². The molecule has 0 N–H and O–H groups in total. The van der Waals surface area contributed by atoms with Crippen LogP contribution in [0.4, 0.5) is 5.82 Å². The van der Waals surface area contributed by atoms with Gasteiger partial charge in [0.25, 0.3) is 0 Å². The van der Waals surface area contributed by atoms with Crippen molar-refractivity contribution in [2.24, 2.45) is 0 Å². The highest BCUT2D eigenvalue weighted by atomic mass is 16.5. The first kappa shape index (κ1) is 16.3. The van der Waals surface area contributed by atoms with Gasteiger partial charge in [0.05, 0.1) is 7.11 Å². The van der Waals surface area contributed by atoms with Crippen LogP contribution in [-0.2, 0) is 4.74 Å². The van der Waals surface area contributed by atoms with E-state index in [0.717, 1.165) is 25.3 Å². The molecular formula is C21H19N3O2. The summed E-state index contributed by atoms with van der Waals surface area (Å²) in [5.41, 5.74) is 2.88. The lowest BCUT2D eigenvalue weighted by Gasteiger charge is -2.27. The molecule has 4 rings (SSSR count). The number of methoxy groups -OCH3 is 1. The van der Waals surface area contributed by atoms with Gasteiger partial charge in [-0.2, -0.15) is 0 Å². The minimum absolute atomic E-state index is 0.222. The number of carbonyl (C=O) groups excluding carboxylic acids is 1. The van der Waals surface area contributed by atoms with Crippen LogP contribution in [-0.4, -0.2) is 36.4 Å². The average Bonchev–Trinajstić information content (AvgIpc) is 2.73. The number of fused-ring (bicyclic) bond motifs is 1. The monoisotopic (exact) mass is 345 g/mol. The summed E-state index contributed by atoms with van der Waals surface area (Å²) in [6.45, 7) is 1.63. The molecule has 0 saturated heterocycles. The molecule has 0 spiro atoms. The van der Waals surface area contributed by atoms with E-state index >= 15 is 0 Å². The standard InChI is InChI=1S/C21H19N3O2/c1-26-21(25)19-9-10-20(23-22-19)24-13-11-16(12-14-24)18-8-4-6-15-5-2-3-7-17(15)18/h2-11H,12-14H2,1H3. The molecule has 0 aliphatic carbocycles. The summed E-state index contributed by atoms with van der Waals surface area (Å²) in [7, 11) is 1.34. The minimum Gasteiger partial charge on any atom is -0.464 e. The Bertz CT molecular complexity index is 975. The Morgan fingerprint density at radius 1 is 1.04 bits per heavy atom. The molecule has 3 aromatic rings. The predicted octanol–water partition coefficient (Wildman–Crippen LogP) is 3.71. The summed E-state index contributed by atoms with van der Waals surface area (Å²) < 4.78 is 4.66. The van der Waals surface area contributed by atoms with Gasteiger partial charge in [0.2, 0.25) is 0 Å². The van der Waals surface area contributed by atoms with E-state index in [0.29, 0.717) is 0 Å². The quantitative estimate of drug-likeness (QED) is 0.677. The third kappa shape index (κ3) is 3.04. The highest BCUT2D eigenvalue weighted by Crippen LogP contribution is 2.30. The summed E-state index contributed by atoms with van der Waals surface area (Å²) in [4.78, 5) is 13.6. The van der Waals surface area contributed by atoms with Crippen molar-refractivity contribution in [2.75, 3.05) is 25.1 Å². The van der Waals surface area contributed by atoms with E-state index in [9.17, 15) is 4.79 Å². The van der Waals surface area contributed by atoms with Gasteiger partial charge in [-0.25, -0.2) is 4.79 Å². The summed E-state index contributed by atoms with van der Waals surface area (Å²) in [5.74, 6) is 0.298. The molecule has 0 atom stereocenters. The van der Waals surface area contributed by atoms with Gasteiger partial charge in [0, 0.05) is 13.1 Å². The van der Waals surface area contributed by atoms with Crippen LogP contribution < -0.4 is 4.90 Å². The fraction of sp³-hybridized carbons (Fsp3) is 0.190. The van der Waals surface area contributed by atoms with E-state index in [-0.39, 0.29) is 5.69 Å². The van der Waals surface area contributed by atoms with E-state index in [1.807, 2.05) is 6.07 Å². The van der Waals surface area contributed by atoms with E-state index < -0.39 is 5.97 Å². The Morgan fingerprint density at radius 2 is 1.88 bits per heavy atom. The Hall–Kier alpha value is -3.21. The van der Waals surface area contributed by atoms with Crippen LogP contribution in [0.2, 0.25) is 0 Å². The van der Waals surface area contributed by atoms with Crippen LogP contribution >= 0.6 is 0 Å². The minimum atomic E-state index is -0.471. The third-order valence-corrected chi connectivity index (χ3v) is 4.71. The van der Waals surface area contributed by atoms with Gasteiger partial charge in [-0.15, -0.1) is 10.2 Å². The molecule has 2 heterocycles. The molecule has 0 radical (unpaired) electrons. The number of carbonyl (C=O) groups is 1. The van der Waals surface area contributed by atoms with E-state index in [1.165, 1.54) is 29.0 Å². The molecular weight excluding hydrogens is 326 g/mol. The Morgan fingerprint density at radius 3 is 2.62 bits per heavy atom. The van der Waals surface area contributed by atoms with Gasteiger partial charge in [0.15, 0.2) is 11.5 Å². The maximum atomic E-state index is 11.5. The zero-order valence-corrected chi connectivity index (χ0v) is 14.6. The number of rotatable bonds is 3. The molecule has 5 heteroatoms. The van der Waals surface area contributed by atoms with Crippen LogP contribution in [0.3, 0.4) is 0 Å². The van der Waals surface area contributed by atoms with Gasteiger partial charge in [-0.05, 0) is 40.5 Å². The Labute approximate surface area is 151 Å². The summed E-state index contributed by atoms with van der Waals surface area (Å²) in [6, 6.07) is 18.4. The molecule has 1 aromatic heterocycles. The summed E-state index contributed by atoms with van der Waals surface area (Å²) >= 11 is 0. The Kier molecular flexibility index (Phi) is 4.35. The van der Waals surface area contributed by atoms with E-state index in [1.54, 1.807) is 6.07 Å². The van der Waals surface area contributed by atoms with Gasteiger partial charge >= 0.3 is 5.97 Å². The lowest BCUT2D eigenvalue weighted by atomic mass is 9.94. The molecule has 0 saturated carbocycles. The molecule has 0 unspecified atom stereocenters. The fourth-order valence-corrected chi connectivity index (χ4v) is 3.33. The molecule has 130 valence electrons. The molecule has 1 aliphatic rings. The molecule has 5 nitrogen and oxygen atoms in total. The number of ether oxygens (including phenoxy) is 1. The molecule has 0 amide bonds. The molecule has 1 aliphatic heterocycles. The van der Waals surface area contributed by atoms with Crippen molar-refractivity contribution in [3.05, 3.63) is 71.9 Å². The number of benzene rings is 2. The van der Waals surface area contributed by atoms with E-state index in [2.05, 4.69) is 68.4 Å². The number of aromatic nitrogens is 2. The number of hydrogen-bond acceptors (Lipinski definition) is 5. The number of hydrogen-bond donors (Lipinski definition) is 0. The molecule has 26 heavy (non-hydrogen) atoms. The van der Waals surface area contributed by atoms with Crippen molar-refractivity contribution in [3.63, 3.8) is 0 Å². The molecule has 0 fully saturated rings. The van der Waals surface area contributed by atoms with Crippen LogP contribution in [0, 0.1) is 0 Å². The van der Waals surface area contributed by atoms with Crippen LogP contribution in [0.15, 0.2) is 60.7 Å². The Balaban J connectivity index is 1.55. The van der Waals surface area contributed by atoms with E-state index in [4.69, 9.17) is 0 Å².